The van der Waals surface area contributed by atoms with Gasteiger partial charge in [0.1, 0.15) is 24.7 Å². The van der Waals surface area contributed by atoms with Crippen molar-refractivity contribution >= 4 is 67.2 Å². The molecule has 0 radical (unpaired) electrons. The van der Waals surface area contributed by atoms with E-state index in [4.69, 9.17) is 41.8 Å². The van der Waals surface area contributed by atoms with Crippen LogP contribution in [0.1, 0.15) is 45.8 Å². The molecule has 1 amide bonds. The molecule has 1 N–H and O–H groups in total. The summed E-state index contributed by atoms with van der Waals surface area (Å²) in [6, 6.07) is 22.2. The summed E-state index contributed by atoms with van der Waals surface area (Å²) in [6.45, 7) is 6.77. The third-order valence-electron chi connectivity index (χ3n) is 6.85. The minimum atomic E-state index is -0.510. The molecule has 0 aliphatic carbocycles. The van der Waals surface area contributed by atoms with Gasteiger partial charge in [-0.3, -0.25) is 4.79 Å². The zero-order chi connectivity index (χ0) is 32.8. The number of carbonyl (C=O) groups is 1. The third kappa shape index (κ3) is 7.98. The van der Waals surface area contributed by atoms with E-state index in [-0.39, 0.29) is 19.0 Å². The van der Waals surface area contributed by atoms with Crippen molar-refractivity contribution in [3.63, 3.8) is 0 Å². The molecule has 12 heteroatoms. The maximum Gasteiger partial charge on any atom is 0.307 e. The number of aromatic nitrogens is 1. The summed E-state index contributed by atoms with van der Waals surface area (Å²) in [5, 5.41) is 5.16. The van der Waals surface area contributed by atoms with E-state index in [1.807, 2.05) is 31.2 Å². The minimum absolute atomic E-state index is 0.101. The molecule has 0 bridgehead atoms. The van der Waals surface area contributed by atoms with Gasteiger partial charge in [-0.15, -0.1) is 0 Å². The van der Waals surface area contributed by atoms with Crippen molar-refractivity contribution in [1.82, 2.24) is 9.99 Å². The van der Waals surface area contributed by atoms with Gasteiger partial charge in [-0.05, 0) is 119 Å². The van der Waals surface area contributed by atoms with E-state index in [0.29, 0.717) is 54.2 Å². The molecule has 8 nitrogen and oxygen atoms in total. The number of benzene rings is 3. The van der Waals surface area contributed by atoms with E-state index in [9.17, 15) is 4.79 Å². The van der Waals surface area contributed by atoms with Gasteiger partial charge >= 0.3 is 5.91 Å². The molecule has 0 atom stereocenters. The van der Waals surface area contributed by atoms with Crippen LogP contribution in [0.5, 0.6) is 17.2 Å². The number of nitrogens with one attached hydrogen (secondary N) is 1. The Morgan fingerprint density at radius 3 is 2.35 bits per heavy atom. The third-order valence-corrected chi connectivity index (χ3v) is 9.58. The number of hydrogen-bond donors (Lipinski definition) is 1. The van der Waals surface area contributed by atoms with Crippen LogP contribution in [0.4, 0.5) is 0 Å². The Kier molecular flexibility index (Phi) is 11.2. The number of furan rings is 1. The van der Waals surface area contributed by atoms with E-state index in [1.54, 1.807) is 36.4 Å². The maximum absolute atomic E-state index is 12.7. The van der Waals surface area contributed by atoms with Gasteiger partial charge < -0.3 is 23.2 Å². The highest BCUT2D eigenvalue weighted by molar-refractivity contribution is 9.13. The van der Waals surface area contributed by atoms with Crippen LogP contribution in [0, 0.1) is 13.8 Å². The van der Waals surface area contributed by atoms with Crippen molar-refractivity contribution in [2.45, 2.75) is 34.0 Å². The standard InChI is InChI=1S/C34H29Br2Cl2N3O5/c1-4-43-30-15-23(31(35)32(36)33(30)45-18-22-7-8-24(37)16-28(22)38)17-39-40-34(42)29-14-13-27(46-29)19-44-26-11-9-25(10-12-26)41-20(2)5-6-21(41)3/h5-17H,4,18-19H2,1-3H3,(H,40,42)/b39-17+. The monoisotopic (exact) mass is 787 g/mol. The normalized spacial score (nSPS) is 11.2. The molecule has 0 saturated carbocycles. The van der Waals surface area contributed by atoms with Gasteiger partial charge in [0.05, 0.1) is 17.3 Å². The second-order valence-corrected chi connectivity index (χ2v) is 12.5. The van der Waals surface area contributed by atoms with Crippen LogP contribution in [0.2, 0.25) is 10.0 Å². The Balaban J connectivity index is 1.19. The molecule has 0 saturated heterocycles. The molecule has 2 aromatic heterocycles. The topological polar surface area (TPSA) is 87.2 Å². The Morgan fingerprint density at radius 2 is 1.65 bits per heavy atom. The lowest BCUT2D eigenvalue weighted by atomic mass is 10.2. The largest absolute Gasteiger partial charge is 0.490 e. The quantitative estimate of drug-likeness (QED) is 0.101. The lowest BCUT2D eigenvalue weighted by Gasteiger charge is -2.16. The first-order chi connectivity index (χ1) is 22.1. The molecule has 5 rings (SSSR count). The number of amides is 1. The maximum atomic E-state index is 12.7. The van der Waals surface area contributed by atoms with E-state index >= 15 is 0 Å². The predicted molar refractivity (Wildman–Crippen MR) is 187 cm³/mol. The van der Waals surface area contributed by atoms with Crippen LogP contribution in [0.3, 0.4) is 0 Å². The zero-order valence-corrected chi connectivity index (χ0v) is 29.8. The molecule has 0 fully saturated rings. The fourth-order valence-corrected chi connectivity index (χ4v) is 6.00. The van der Waals surface area contributed by atoms with Crippen LogP contribution in [-0.2, 0) is 13.2 Å². The SMILES string of the molecule is CCOc1cc(/C=N/NC(=O)c2ccc(COc3ccc(-n4c(C)ccc4C)cc3)o2)c(Br)c(Br)c1OCc1ccc(Cl)cc1Cl. The van der Waals surface area contributed by atoms with Gasteiger partial charge in [-0.1, -0.05) is 29.3 Å². The number of rotatable bonds is 12. The van der Waals surface area contributed by atoms with Crippen LogP contribution in [0.25, 0.3) is 5.69 Å². The lowest BCUT2D eigenvalue weighted by molar-refractivity contribution is 0.0923. The second-order valence-electron chi connectivity index (χ2n) is 10.1. The number of hydrazone groups is 1. The van der Waals surface area contributed by atoms with Gasteiger partial charge in [0, 0.05) is 42.7 Å². The van der Waals surface area contributed by atoms with Gasteiger partial charge in [0.25, 0.3) is 0 Å². The molecule has 0 aliphatic heterocycles. The van der Waals surface area contributed by atoms with Gasteiger partial charge in [-0.2, -0.15) is 5.10 Å². The predicted octanol–water partition coefficient (Wildman–Crippen LogP) is 9.84. The summed E-state index contributed by atoms with van der Waals surface area (Å²) in [5.41, 5.74) is 7.27. The van der Waals surface area contributed by atoms with Crippen molar-refractivity contribution < 1.29 is 23.4 Å². The smallest absolute Gasteiger partial charge is 0.307 e. The average Bonchev–Trinajstić information content (AvgIpc) is 3.65. The van der Waals surface area contributed by atoms with Crippen LogP contribution in [0.15, 0.2) is 91.3 Å². The van der Waals surface area contributed by atoms with Crippen LogP contribution < -0.4 is 19.6 Å². The summed E-state index contributed by atoms with van der Waals surface area (Å²) < 4.78 is 26.9. The minimum Gasteiger partial charge on any atom is -0.490 e. The van der Waals surface area contributed by atoms with Crippen molar-refractivity contribution in [3.8, 4) is 22.9 Å². The Bertz CT molecular complexity index is 1870. The summed E-state index contributed by atoms with van der Waals surface area (Å²) in [4.78, 5) is 12.7. The molecule has 238 valence electrons. The summed E-state index contributed by atoms with van der Waals surface area (Å²) in [5.74, 6) is 1.74. The van der Waals surface area contributed by atoms with Crippen LogP contribution >= 0.6 is 55.1 Å². The van der Waals surface area contributed by atoms with Crippen molar-refractivity contribution in [3.05, 3.63) is 126 Å². The van der Waals surface area contributed by atoms with Crippen molar-refractivity contribution in [2.24, 2.45) is 5.10 Å². The second kappa shape index (κ2) is 15.3. The Labute approximate surface area is 293 Å². The molecule has 0 aliphatic rings. The van der Waals surface area contributed by atoms with Gasteiger partial charge in [-0.25, -0.2) is 5.43 Å². The first-order valence-electron chi connectivity index (χ1n) is 14.2. The molecule has 0 unspecified atom stereocenters. The summed E-state index contributed by atoms with van der Waals surface area (Å²) in [7, 11) is 0. The first-order valence-corrected chi connectivity index (χ1v) is 16.5. The van der Waals surface area contributed by atoms with E-state index in [0.717, 1.165) is 22.6 Å². The van der Waals surface area contributed by atoms with Crippen LogP contribution in [-0.4, -0.2) is 23.3 Å². The highest BCUT2D eigenvalue weighted by Crippen LogP contribution is 2.43. The highest BCUT2D eigenvalue weighted by atomic mass is 79.9. The molecule has 3 aromatic carbocycles. The fraction of sp³-hybridized carbons (Fsp3) is 0.176. The van der Waals surface area contributed by atoms with Crippen molar-refractivity contribution in [2.75, 3.05) is 6.61 Å². The summed E-state index contributed by atoms with van der Waals surface area (Å²) >= 11 is 19.5. The van der Waals surface area contributed by atoms with Gasteiger partial charge in [0.15, 0.2) is 17.3 Å². The van der Waals surface area contributed by atoms with Crippen molar-refractivity contribution in [1.29, 1.82) is 0 Å². The number of aryl methyl sites for hydroxylation is 2. The molecule has 5 aromatic rings. The fourth-order valence-electron chi connectivity index (χ4n) is 4.60. The number of ether oxygens (including phenoxy) is 3. The van der Waals surface area contributed by atoms with E-state index in [1.165, 1.54) is 6.21 Å². The molecular formula is C34H29Br2Cl2N3O5. The number of halogens is 4. The van der Waals surface area contributed by atoms with Gasteiger partial charge in [0.2, 0.25) is 0 Å². The molecular weight excluding hydrogens is 761 g/mol. The molecule has 46 heavy (non-hydrogen) atoms. The van der Waals surface area contributed by atoms with E-state index in [2.05, 4.69) is 72.9 Å². The first kappa shape index (κ1) is 33.7. The number of hydrogen-bond acceptors (Lipinski definition) is 6. The molecule has 2 heterocycles. The highest BCUT2D eigenvalue weighted by Gasteiger charge is 2.18. The Hall–Kier alpha value is -3.70. The lowest BCUT2D eigenvalue weighted by Crippen LogP contribution is -2.17. The number of carbonyl (C=O) groups excluding carboxylic acids is 1. The molecule has 0 spiro atoms. The number of nitrogens with zero attached hydrogens (tertiary/aromatic N) is 2. The summed E-state index contributed by atoms with van der Waals surface area (Å²) in [6.07, 6.45) is 1.49. The zero-order valence-electron chi connectivity index (χ0n) is 25.1. The average molecular weight is 790 g/mol. The Morgan fingerprint density at radius 1 is 0.913 bits per heavy atom. The van der Waals surface area contributed by atoms with E-state index < -0.39 is 5.91 Å².